The molecule has 88 valence electrons. The van der Waals surface area contributed by atoms with Crippen LogP contribution in [0.4, 0.5) is 11.6 Å². The number of nitrogens with one attached hydrogen (secondary N) is 1. The molecule has 1 aromatic heterocycles. The van der Waals surface area contributed by atoms with E-state index in [4.69, 9.17) is 5.73 Å². The van der Waals surface area contributed by atoms with Gasteiger partial charge in [-0.05, 0) is 31.6 Å². The zero-order valence-corrected chi connectivity index (χ0v) is 9.82. The van der Waals surface area contributed by atoms with Gasteiger partial charge in [0.25, 0.3) is 0 Å². The van der Waals surface area contributed by atoms with Crippen LogP contribution in [0.25, 0.3) is 0 Å². The zero-order chi connectivity index (χ0) is 11.4. The summed E-state index contributed by atoms with van der Waals surface area (Å²) in [6.07, 6.45) is 9.76. The molecular formula is C12H20N4. The van der Waals surface area contributed by atoms with E-state index in [0.717, 1.165) is 11.7 Å². The maximum atomic E-state index is 5.49. The minimum absolute atomic E-state index is 0.472. The number of hydrogen-bond acceptors (Lipinski definition) is 4. The van der Waals surface area contributed by atoms with Gasteiger partial charge in [-0.25, -0.2) is 9.97 Å². The summed E-state index contributed by atoms with van der Waals surface area (Å²) in [6.45, 7) is 2.28. The average Bonchev–Trinajstić information content (AvgIpc) is 2.33. The predicted molar refractivity (Wildman–Crippen MR) is 66.1 cm³/mol. The molecule has 1 heterocycles. The molecule has 0 radical (unpaired) electrons. The van der Waals surface area contributed by atoms with Gasteiger partial charge in [0.05, 0.1) is 12.4 Å². The van der Waals surface area contributed by atoms with Gasteiger partial charge in [0.2, 0.25) is 0 Å². The fourth-order valence-electron chi connectivity index (χ4n) is 2.34. The van der Waals surface area contributed by atoms with Crippen LogP contribution in [0.1, 0.15) is 39.0 Å². The number of nitrogens with two attached hydrogens (primary N) is 1. The molecule has 1 saturated carbocycles. The van der Waals surface area contributed by atoms with Crippen molar-refractivity contribution in [2.45, 2.75) is 45.1 Å². The first-order valence-electron chi connectivity index (χ1n) is 6.12. The first-order chi connectivity index (χ1) is 7.78. The van der Waals surface area contributed by atoms with Crippen molar-refractivity contribution < 1.29 is 0 Å². The molecule has 1 aliphatic rings. The Hall–Kier alpha value is -1.32. The summed E-state index contributed by atoms with van der Waals surface area (Å²) >= 11 is 0. The van der Waals surface area contributed by atoms with E-state index in [1.165, 1.54) is 32.1 Å². The highest BCUT2D eigenvalue weighted by Crippen LogP contribution is 2.27. The molecule has 0 aliphatic heterocycles. The van der Waals surface area contributed by atoms with E-state index in [1.54, 1.807) is 12.4 Å². The van der Waals surface area contributed by atoms with Crippen molar-refractivity contribution in [1.29, 1.82) is 0 Å². The summed E-state index contributed by atoms with van der Waals surface area (Å²) in [5, 5.41) is 3.42. The minimum atomic E-state index is 0.472. The van der Waals surface area contributed by atoms with Crippen molar-refractivity contribution in [2.24, 2.45) is 5.92 Å². The summed E-state index contributed by atoms with van der Waals surface area (Å²) < 4.78 is 0. The summed E-state index contributed by atoms with van der Waals surface area (Å²) in [5.41, 5.74) is 5.49. The molecule has 0 spiro atoms. The summed E-state index contributed by atoms with van der Waals surface area (Å²) in [7, 11) is 0. The Labute approximate surface area is 96.7 Å². The maximum Gasteiger partial charge on any atom is 0.144 e. The molecular weight excluding hydrogens is 200 g/mol. The molecule has 0 aromatic carbocycles. The monoisotopic (exact) mass is 220 g/mol. The molecule has 1 fully saturated rings. The predicted octanol–water partition coefficient (Wildman–Crippen LogP) is 2.44. The van der Waals surface area contributed by atoms with Crippen LogP contribution < -0.4 is 11.1 Å². The SMILES string of the molecule is CCC1CCC(Nc2cnc(N)cn2)CC1. The first kappa shape index (κ1) is 11.2. The van der Waals surface area contributed by atoms with Gasteiger partial charge < -0.3 is 11.1 Å². The highest BCUT2D eigenvalue weighted by Gasteiger charge is 2.19. The molecule has 0 atom stereocenters. The number of hydrogen-bond donors (Lipinski definition) is 2. The van der Waals surface area contributed by atoms with Gasteiger partial charge in [-0.2, -0.15) is 0 Å². The van der Waals surface area contributed by atoms with Crippen molar-refractivity contribution in [3.05, 3.63) is 12.4 Å². The molecule has 16 heavy (non-hydrogen) atoms. The molecule has 3 N–H and O–H groups in total. The van der Waals surface area contributed by atoms with Crippen LogP contribution in [-0.4, -0.2) is 16.0 Å². The van der Waals surface area contributed by atoms with E-state index in [1.807, 2.05) is 0 Å². The van der Waals surface area contributed by atoms with Crippen molar-refractivity contribution in [3.63, 3.8) is 0 Å². The van der Waals surface area contributed by atoms with E-state index in [2.05, 4.69) is 22.2 Å². The summed E-state index contributed by atoms with van der Waals surface area (Å²) in [4.78, 5) is 8.24. The lowest BCUT2D eigenvalue weighted by Gasteiger charge is -2.28. The molecule has 4 nitrogen and oxygen atoms in total. The molecule has 0 unspecified atom stereocenters. The average molecular weight is 220 g/mol. The van der Waals surface area contributed by atoms with Crippen LogP contribution in [0.2, 0.25) is 0 Å². The molecule has 0 amide bonds. The van der Waals surface area contributed by atoms with Crippen LogP contribution in [0.15, 0.2) is 12.4 Å². The Morgan fingerprint density at radius 1 is 1.25 bits per heavy atom. The Morgan fingerprint density at radius 3 is 2.56 bits per heavy atom. The third-order valence-corrected chi connectivity index (χ3v) is 3.45. The van der Waals surface area contributed by atoms with Crippen molar-refractivity contribution in [3.8, 4) is 0 Å². The van der Waals surface area contributed by atoms with E-state index in [-0.39, 0.29) is 0 Å². The molecule has 1 aliphatic carbocycles. The quantitative estimate of drug-likeness (QED) is 0.821. The second kappa shape index (κ2) is 5.14. The van der Waals surface area contributed by atoms with Crippen LogP contribution in [0, 0.1) is 5.92 Å². The summed E-state index contributed by atoms with van der Waals surface area (Å²) in [6, 6.07) is 0.556. The molecule has 0 saturated heterocycles. The Balaban J connectivity index is 1.84. The van der Waals surface area contributed by atoms with Crippen LogP contribution >= 0.6 is 0 Å². The van der Waals surface area contributed by atoms with Gasteiger partial charge in [0.1, 0.15) is 11.6 Å². The lowest BCUT2D eigenvalue weighted by Crippen LogP contribution is -2.26. The first-order valence-corrected chi connectivity index (χ1v) is 6.12. The van der Waals surface area contributed by atoms with Crippen molar-refractivity contribution in [2.75, 3.05) is 11.1 Å². The Bertz CT molecular complexity index is 314. The number of nitrogens with zero attached hydrogens (tertiary/aromatic N) is 2. The lowest BCUT2D eigenvalue weighted by atomic mass is 9.84. The largest absolute Gasteiger partial charge is 0.382 e. The third kappa shape index (κ3) is 2.84. The highest BCUT2D eigenvalue weighted by molar-refractivity contribution is 5.36. The molecule has 1 aromatic rings. The molecule has 0 bridgehead atoms. The Kier molecular flexibility index (Phi) is 3.59. The van der Waals surface area contributed by atoms with Gasteiger partial charge in [0.15, 0.2) is 0 Å². The second-order valence-corrected chi connectivity index (χ2v) is 4.60. The van der Waals surface area contributed by atoms with Gasteiger partial charge in [0, 0.05) is 6.04 Å². The molecule has 2 rings (SSSR count). The fourth-order valence-corrected chi connectivity index (χ4v) is 2.34. The highest BCUT2D eigenvalue weighted by atomic mass is 15.0. The Morgan fingerprint density at radius 2 is 2.00 bits per heavy atom. The lowest BCUT2D eigenvalue weighted by molar-refractivity contribution is 0.330. The van der Waals surface area contributed by atoms with Crippen LogP contribution in [-0.2, 0) is 0 Å². The minimum Gasteiger partial charge on any atom is -0.382 e. The van der Waals surface area contributed by atoms with Gasteiger partial charge >= 0.3 is 0 Å². The van der Waals surface area contributed by atoms with Crippen molar-refractivity contribution >= 4 is 11.6 Å². The normalized spacial score (nSPS) is 25.3. The van der Waals surface area contributed by atoms with E-state index in [0.29, 0.717) is 11.9 Å². The summed E-state index contributed by atoms with van der Waals surface area (Å²) in [5.74, 6) is 2.24. The second-order valence-electron chi connectivity index (χ2n) is 4.60. The smallest absolute Gasteiger partial charge is 0.144 e. The van der Waals surface area contributed by atoms with Gasteiger partial charge in [-0.15, -0.1) is 0 Å². The topological polar surface area (TPSA) is 63.8 Å². The fraction of sp³-hybridized carbons (Fsp3) is 0.667. The maximum absolute atomic E-state index is 5.49. The standard InChI is InChI=1S/C12H20N4/c1-2-9-3-5-10(6-4-9)16-12-8-14-11(13)7-15-12/h7-10H,2-6H2,1H3,(H2,13,14)(H,15,16). The number of nitrogen functional groups attached to an aromatic ring is 1. The number of aromatic nitrogens is 2. The van der Waals surface area contributed by atoms with E-state index >= 15 is 0 Å². The van der Waals surface area contributed by atoms with E-state index in [9.17, 15) is 0 Å². The molecule has 4 heteroatoms. The third-order valence-electron chi connectivity index (χ3n) is 3.45. The zero-order valence-electron chi connectivity index (χ0n) is 9.82. The van der Waals surface area contributed by atoms with Crippen LogP contribution in [0.5, 0.6) is 0 Å². The van der Waals surface area contributed by atoms with Crippen molar-refractivity contribution in [1.82, 2.24) is 9.97 Å². The van der Waals surface area contributed by atoms with Gasteiger partial charge in [-0.3, -0.25) is 0 Å². The number of anilines is 2. The number of rotatable bonds is 3. The van der Waals surface area contributed by atoms with Crippen LogP contribution in [0.3, 0.4) is 0 Å². The van der Waals surface area contributed by atoms with Gasteiger partial charge in [-0.1, -0.05) is 13.3 Å². The van der Waals surface area contributed by atoms with E-state index < -0.39 is 0 Å².